The first-order valence-electron chi connectivity index (χ1n) is 22.4. The molecule has 3 aromatic carbocycles. The zero-order valence-electron chi connectivity index (χ0n) is 38.3. The maximum Gasteiger partial charge on any atom is 0.265 e. The number of amides is 4. The van der Waals surface area contributed by atoms with Gasteiger partial charge in [-0.1, -0.05) is 18.2 Å². The maximum absolute atomic E-state index is 16.6. The van der Waals surface area contributed by atoms with E-state index in [1.165, 1.54) is 11.0 Å². The number of halogens is 3. The third-order valence-electron chi connectivity index (χ3n) is 10.6. The Balaban J connectivity index is 0.973. The summed E-state index contributed by atoms with van der Waals surface area (Å²) in [7, 11) is 0. The molecule has 2 saturated heterocycles. The Morgan fingerprint density at radius 2 is 1.62 bits per heavy atom. The number of carbonyl (C=O) groups is 4. The lowest BCUT2D eigenvalue weighted by atomic mass is 9.84. The zero-order valence-corrected chi connectivity index (χ0v) is 30.3. The second-order valence-electron chi connectivity index (χ2n) is 14.2. The summed E-state index contributed by atoms with van der Waals surface area (Å²) in [6, 6.07) is 13.6. The number of hydrogen-bond acceptors (Lipinski definition) is 11. The maximum atomic E-state index is 16.6. The molecule has 3 N–H and O–H groups in total. The van der Waals surface area contributed by atoms with Gasteiger partial charge in [0.1, 0.15) is 47.4 Å². The normalized spacial score (nSPS) is 28.3. The van der Waals surface area contributed by atoms with Crippen LogP contribution >= 0.6 is 0 Å². The average Bonchev–Trinajstić information content (AvgIpc) is 3.77. The van der Waals surface area contributed by atoms with Gasteiger partial charge in [0.15, 0.2) is 11.5 Å². The van der Waals surface area contributed by atoms with Gasteiger partial charge < -0.3 is 15.4 Å². The van der Waals surface area contributed by atoms with Crippen molar-refractivity contribution in [3.8, 4) is 22.8 Å². The molecule has 4 atom stereocenters. The van der Waals surface area contributed by atoms with Crippen LogP contribution in [0.15, 0.2) is 67.0 Å². The number of benzene rings is 3. The number of imide groups is 2. The zero-order chi connectivity index (χ0) is 47.4. The van der Waals surface area contributed by atoms with E-state index in [1.54, 1.807) is 36.4 Å². The van der Waals surface area contributed by atoms with E-state index in [0.717, 1.165) is 0 Å². The van der Waals surface area contributed by atoms with Crippen LogP contribution in [0.3, 0.4) is 0 Å². The number of aromatic nitrogens is 4. The Kier molecular flexibility index (Phi) is 7.42. The Morgan fingerprint density at radius 1 is 0.897 bits per heavy atom. The molecule has 4 aliphatic rings. The van der Waals surface area contributed by atoms with Crippen LogP contribution in [-0.4, -0.2) is 97.9 Å². The fourth-order valence-electron chi connectivity index (χ4n) is 7.83. The molecule has 3 fully saturated rings. The first-order chi connectivity index (χ1) is 31.1. The van der Waals surface area contributed by atoms with E-state index in [0.29, 0.717) is 28.1 Å². The van der Waals surface area contributed by atoms with Crippen molar-refractivity contribution >= 4 is 46.2 Å². The second-order valence-corrected chi connectivity index (χ2v) is 14.2. The minimum atomic E-state index is -3.76. The molecule has 0 bridgehead atoms. The largest absolute Gasteiger partial charge is 0.457 e. The van der Waals surface area contributed by atoms with Crippen LogP contribution in [0.2, 0.25) is 0 Å². The highest BCUT2D eigenvalue weighted by molar-refractivity contribution is 6.24. The van der Waals surface area contributed by atoms with Crippen LogP contribution in [0.4, 0.5) is 24.7 Å². The molecule has 0 spiro atoms. The third kappa shape index (κ3) is 6.58. The van der Waals surface area contributed by atoms with Gasteiger partial charge in [0.25, 0.3) is 11.8 Å². The molecule has 58 heavy (non-hydrogen) atoms. The van der Waals surface area contributed by atoms with Gasteiger partial charge in [0.05, 0.1) is 33.7 Å². The Labute approximate surface area is 341 Å². The number of nitrogen functional groups attached to an aromatic ring is 1. The second kappa shape index (κ2) is 14.9. The van der Waals surface area contributed by atoms with Crippen LogP contribution in [0.25, 0.3) is 22.3 Å². The van der Waals surface area contributed by atoms with Crippen LogP contribution in [0.1, 0.15) is 69.8 Å². The summed E-state index contributed by atoms with van der Waals surface area (Å²) in [5, 5.41) is 7.02. The number of para-hydroxylation sites is 1. The lowest BCUT2D eigenvalue weighted by molar-refractivity contribution is -0.136. The highest BCUT2D eigenvalue weighted by atomic mass is 19.1. The molecule has 5 aromatic rings. The average molecular weight is 802 g/mol. The van der Waals surface area contributed by atoms with Crippen molar-refractivity contribution < 1.29 is 48.1 Å². The van der Waals surface area contributed by atoms with E-state index in [-0.39, 0.29) is 64.3 Å². The van der Waals surface area contributed by atoms with E-state index in [9.17, 15) is 19.2 Å². The van der Waals surface area contributed by atoms with Crippen molar-refractivity contribution in [3.63, 3.8) is 0 Å². The number of piperazine rings is 1. The molecule has 1 aliphatic carbocycles. The number of piperidine rings is 1. The first-order valence-corrected chi connectivity index (χ1v) is 18.4. The van der Waals surface area contributed by atoms with E-state index < -0.39 is 109 Å². The van der Waals surface area contributed by atoms with E-state index in [2.05, 4.69) is 9.97 Å². The minimum Gasteiger partial charge on any atom is -0.457 e. The third-order valence-corrected chi connectivity index (χ3v) is 10.6. The molecule has 14 nitrogen and oxygen atoms in total. The van der Waals surface area contributed by atoms with Crippen molar-refractivity contribution in [1.82, 2.24) is 34.9 Å². The summed E-state index contributed by atoms with van der Waals surface area (Å²) in [5.41, 5.74) is 3.55. The molecule has 4 amide bonds. The number of alkyl halides is 1. The number of nitrogens with two attached hydrogens (primary N) is 1. The number of nitrogens with one attached hydrogen (secondary N) is 1. The van der Waals surface area contributed by atoms with Gasteiger partial charge in [0.2, 0.25) is 11.8 Å². The molecule has 9 rings (SSSR count). The van der Waals surface area contributed by atoms with Crippen LogP contribution in [-0.2, 0) is 9.59 Å². The van der Waals surface area contributed by atoms with Gasteiger partial charge in [-0.25, -0.2) is 27.8 Å². The van der Waals surface area contributed by atoms with E-state index in [1.807, 2.05) is 23.5 Å². The van der Waals surface area contributed by atoms with Crippen LogP contribution in [0, 0.1) is 17.6 Å². The van der Waals surface area contributed by atoms with Crippen molar-refractivity contribution in [1.29, 1.82) is 0 Å². The number of ether oxygens (including phenoxy) is 1. The van der Waals surface area contributed by atoms with Gasteiger partial charge in [-0.2, -0.15) is 5.10 Å². The number of carbonyl (C=O) groups excluding carboxylic acids is 4. The molecule has 1 saturated carbocycles. The summed E-state index contributed by atoms with van der Waals surface area (Å²) in [6.45, 7) is -15.4. The fourth-order valence-corrected chi connectivity index (χ4v) is 7.83. The van der Waals surface area contributed by atoms with Crippen LogP contribution < -0.4 is 20.7 Å². The minimum absolute atomic E-state index is 0.0315. The monoisotopic (exact) mass is 801 g/mol. The number of fused-ring (bicyclic) bond motifs is 2. The number of hydrogen-bond donors (Lipinski definition) is 2. The fraction of sp³-hybridized carbons (Fsp3) is 0.341. The molecule has 4 unspecified atom stereocenters. The van der Waals surface area contributed by atoms with Gasteiger partial charge in [-0.05, 0) is 68.0 Å². The molecular weight excluding hydrogens is 756 g/mol. The van der Waals surface area contributed by atoms with Gasteiger partial charge >= 0.3 is 0 Å². The predicted octanol–water partition coefficient (Wildman–Crippen LogP) is 5.05. The van der Waals surface area contributed by atoms with E-state index in [4.69, 9.17) is 26.5 Å². The van der Waals surface area contributed by atoms with Crippen molar-refractivity contribution in [2.75, 3.05) is 43.2 Å². The summed E-state index contributed by atoms with van der Waals surface area (Å²) >= 11 is 0. The number of rotatable bonds is 8. The predicted molar refractivity (Wildman–Crippen MR) is 205 cm³/mol. The highest BCUT2D eigenvalue weighted by Gasteiger charge is 2.48. The molecular formula is C41H38F3N9O5. The van der Waals surface area contributed by atoms with E-state index >= 15 is 13.2 Å². The molecule has 2 aromatic heterocycles. The quantitative estimate of drug-likeness (QED) is 0.202. The van der Waals surface area contributed by atoms with Gasteiger partial charge in [0, 0.05) is 56.1 Å². The number of nitrogens with zero attached hydrogens (tertiary/aromatic N) is 7. The molecule has 17 heteroatoms. The summed E-state index contributed by atoms with van der Waals surface area (Å²) in [4.78, 5) is 59.8. The molecule has 298 valence electrons. The highest BCUT2D eigenvalue weighted by Crippen LogP contribution is 2.40. The Bertz CT molecular complexity index is 2810. The van der Waals surface area contributed by atoms with Crippen molar-refractivity contribution in [2.45, 2.75) is 50.4 Å². The lowest BCUT2D eigenvalue weighted by Gasteiger charge is -2.39. The first kappa shape index (κ1) is 28.9. The smallest absolute Gasteiger partial charge is 0.265 e. The van der Waals surface area contributed by atoms with Crippen molar-refractivity contribution in [2.24, 2.45) is 5.92 Å². The lowest BCUT2D eigenvalue weighted by Crippen LogP contribution is -2.54. The number of anilines is 2. The summed E-state index contributed by atoms with van der Waals surface area (Å²) in [5.74, 6) is -8.08. The topological polar surface area (TPSA) is 169 Å². The molecule has 3 aliphatic heterocycles. The molecule has 0 radical (unpaired) electrons. The Hall–Kier alpha value is -6.36. The van der Waals surface area contributed by atoms with Gasteiger partial charge in [-0.3, -0.25) is 34.3 Å². The standard InChI is InChI=1S/C41H38F3N9O5/c42-26-18-22(6-11-28(26)53-38-34(37(45)46-21-47-38)36(49-53)23-7-9-25(10-8-23)58-24-4-2-1-3-5-24)20-50-14-16-51(17-15-50)30-19-27(43)32-33(35(30)44)41(57)52(40(32)56)29-12-13-31(54)48-39(29)55/h1-5,7-10,19,21-22,26,28-29H,6,11-18,20H2,(H2,45,46,47)(H,48,54,55)/i14D2,15D2,16D2,17D2. The van der Waals surface area contributed by atoms with Gasteiger partial charge in [-0.15, -0.1) is 0 Å². The van der Waals surface area contributed by atoms with Crippen LogP contribution in [0.5, 0.6) is 11.5 Å². The summed E-state index contributed by atoms with van der Waals surface area (Å²) < 4.78 is 128. The summed E-state index contributed by atoms with van der Waals surface area (Å²) in [6.07, 6.45) is -1.46. The molecule has 5 heterocycles. The van der Waals surface area contributed by atoms with Crippen molar-refractivity contribution in [3.05, 3.63) is 89.8 Å². The Morgan fingerprint density at radius 3 is 2.34 bits per heavy atom. The SMILES string of the molecule is [2H]C1([2H])N(CC2CCC(n3nc(-c4ccc(Oc5ccccc5)cc4)c4c(N)ncnc43)C(F)C2)C([2H])([2H])C([2H])([2H])N(c2cc(F)c3c(c2F)C(=O)N(C2CCC(=O)NC2=O)C3=O)C1([2H])[2H].